The van der Waals surface area contributed by atoms with Crippen molar-refractivity contribution in [3.8, 4) is 0 Å². The number of benzene rings is 2. The van der Waals surface area contributed by atoms with Crippen LogP contribution in [0.4, 0.5) is 4.39 Å². The molecule has 0 bridgehead atoms. The smallest absolute Gasteiger partial charge is 0.136 e. The van der Waals surface area contributed by atoms with Gasteiger partial charge in [-0.15, -0.1) is 0 Å². The number of ether oxygens (including phenoxy) is 1. The summed E-state index contributed by atoms with van der Waals surface area (Å²) in [5.41, 5.74) is 2.00. The second-order valence-corrected chi connectivity index (χ2v) is 8.83. The molecule has 0 radical (unpaired) electrons. The number of alkyl halides is 1. The zero-order chi connectivity index (χ0) is 20.8. The lowest BCUT2D eigenvalue weighted by Gasteiger charge is -2.12. The number of aromatic nitrogens is 2. The van der Waals surface area contributed by atoms with Gasteiger partial charge in [-0.3, -0.25) is 0 Å². The van der Waals surface area contributed by atoms with E-state index >= 15 is 0 Å². The standard InChI is InChI=1S/C22H23Cl2FN2OS/c1-15(2)21-22(29-19-11-17(23)10-18(24)12-19)27(9-8-25)20(26-21)14-28-13-16-6-4-3-5-7-16/h3-7,10-12,15H,8-9,13-14H2,1-2H3. The van der Waals surface area contributed by atoms with Crippen LogP contribution in [0, 0.1) is 0 Å². The lowest BCUT2D eigenvalue weighted by molar-refractivity contribution is 0.0985. The normalized spacial score (nSPS) is 11.4. The average molecular weight is 453 g/mol. The van der Waals surface area contributed by atoms with Crippen LogP contribution in [0.1, 0.15) is 36.8 Å². The molecule has 0 fully saturated rings. The van der Waals surface area contributed by atoms with Gasteiger partial charge in [0.15, 0.2) is 0 Å². The molecule has 0 aliphatic heterocycles. The lowest BCUT2D eigenvalue weighted by Crippen LogP contribution is -2.08. The Hall–Kier alpha value is -1.53. The van der Waals surface area contributed by atoms with Gasteiger partial charge in [-0.25, -0.2) is 9.37 Å². The third kappa shape index (κ3) is 5.98. The topological polar surface area (TPSA) is 27.1 Å². The van der Waals surface area contributed by atoms with Gasteiger partial charge in [0.25, 0.3) is 0 Å². The van der Waals surface area contributed by atoms with Crippen molar-refractivity contribution in [2.24, 2.45) is 0 Å². The van der Waals surface area contributed by atoms with Gasteiger partial charge in [0.05, 0.1) is 18.8 Å². The summed E-state index contributed by atoms with van der Waals surface area (Å²) >= 11 is 13.8. The van der Waals surface area contributed by atoms with Crippen LogP contribution in [0.2, 0.25) is 10.0 Å². The molecule has 0 saturated carbocycles. The van der Waals surface area contributed by atoms with Gasteiger partial charge in [-0.05, 0) is 29.7 Å². The second kappa shape index (κ2) is 10.5. The van der Waals surface area contributed by atoms with Gasteiger partial charge in [0, 0.05) is 14.9 Å². The Bertz CT molecular complexity index is 927. The predicted octanol–water partition coefficient (Wildman–Crippen LogP) is 7.15. The van der Waals surface area contributed by atoms with Crippen LogP contribution in [-0.2, 0) is 24.5 Å². The molecule has 3 rings (SSSR count). The third-order valence-corrected chi connectivity index (χ3v) is 5.80. The minimum Gasteiger partial charge on any atom is -0.369 e. The number of hydrogen-bond acceptors (Lipinski definition) is 3. The molecule has 0 atom stereocenters. The van der Waals surface area contributed by atoms with Gasteiger partial charge < -0.3 is 9.30 Å². The zero-order valence-electron chi connectivity index (χ0n) is 16.4. The Labute approximate surface area is 185 Å². The maximum absolute atomic E-state index is 13.4. The minimum atomic E-state index is -0.483. The van der Waals surface area contributed by atoms with Crippen LogP contribution in [0.3, 0.4) is 0 Å². The Kier molecular flexibility index (Phi) is 8.01. The number of rotatable bonds is 9. The highest BCUT2D eigenvalue weighted by Crippen LogP contribution is 2.37. The summed E-state index contributed by atoms with van der Waals surface area (Å²) in [7, 11) is 0. The first-order valence-corrected chi connectivity index (χ1v) is 11.0. The van der Waals surface area contributed by atoms with Crippen molar-refractivity contribution < 1.29 is 9.13 Å². The monoisotopic (exact) mass is 452 g/mol. The van der Waals surface area contributed by atoms with Crippen molar-refractivity contribution in [3.63, 3.8) is 0 Å². The molecular weight excluding hydrogens is 430 g/mol. The van der Waals surface area contributed by atoms with Gasteiger partial charge in [-0.1, -0.05) is 79.1 Å². The molecule has 0 saturated heterocycles. The Morgan fingerprint density at radius 1 is 1.07 bits per heavy atom. The molecule has 154 valence electrons. The van der Waals surface area contributed by atoms with Crippen LogP contribution in [0.15, 0.2) is 58.5 Å². The second-order valence-electron chi connectivity index (χ2n) is 6.90. The number of nitrogens with zero attached hydrogens (tertiary/aromatic N) is 2. The van der Waals surface area contributed by atoms with Crippen molar-refractivity contribution in [1.82, 2.24) is 9.55 Å². The summed E-state index contributed by atoms with van der Waals surface area (Å²) < 4.78 is 21.1. The number of halogens is 3. The highest BCUT2D eigenvalue weighted by Gasteiger charge is 2.21. The summed E-state index contributed by atoms with van der Waals surface area (Å²) in [6, 6.07) is 15.3. The highest BCUT2D eigenvalue weighted by molar-refractivity contribution is 7.99. The fourth-order valence-electron chi connectivity index (χ4n) is 2.94. The molecular formula is C22H23Cl2FN2OS. The molecule has 29 heavy (non-hydrogen) atoms. The molecule has 0 amide bonds. The molecule has 1 heterocycles. The Morgan fingerprint density at radius 3 is 2.38 bits per heavy atom. The molecule has 0 unspecified atom stereocenters. The maximum atomic E-state index is 13.4. The molecule has 0 spiro atoms. The van der Waals surface area contributed by atoms with Crippen LogP contribution >= 0.6 is 35.0 Å². The van der Waals surface area contributed by atoms with E-state index in [0.717, 1.165) is 27.0 Å². The largest absolute Gasteiger partial charge is 0.369 e. The SMILES string of the molecule is CC(C)c1nc(COCc2ccccc2)n(CCF)c1Sc1cc(Cl)cc(Cl)c1. The van der Waals surface area contributed by atoms with Crippen molar-refractivity contribution in [2.75, 3.05) is 6.67 Å². The molecule has 0 aliphatic carbocycles. The Morgan fingerprint density at radius 2 is 1.76 bits per heavy atom. The summed E-state index contributed by atoms with van der Waals surface area (Å²) in [5, 5.41) is 2.03. The zero-order valence-corrected chi connectivity index (χ0v) is 18.7. The molecule has 1 aromatic heterocycles. The average Bonchev–Trinajstić information content (AvgIpc) is 3.00. The maximum Gasteiger partial charge on any atom is 0.136 e. The quantitative estimate of drug-likeness (QED) is 0.344. The summed E-state index contributed by atoms with van der Waals surface area (Å²) in [6.45, 7) is 4.68. The van der Waals surface area contributed by atoms with E-state index in [9.17, 15) is 4.39 Å². The van der Waals surface area contributed by atoms with E-state index in [-0.39, 0.29) is 12.5 Å². The predicted molar refractivity (Wildman–Crippen MR) is 118 cm³/mol. The number of imidazole rings is 1. The van der Waals surface area contributed by atoms with Gasteiger partial charge in [0.1, 0.15) is 24.1 Å². The van der Waals surface area contributed by atoms with Crippen LogP contribution < -0.4 is 0 Å². The fourth-order valence-corrected chi connectivity index (χ4v) is 4.89. The summed E-state index contributed by atoms with van der Waals surface area (Å²) in [5.74, 6) is 0.902. The van der Waals surface area contributed by atoms with Crippen molar-refractivity contribution in [2.45, 2.75) is 49.4 Å². The lowest BCUT2D eigenvalue weighted by atomic mass is 10.1. The first-order chi connectivity index (χ1) is 14.0. The molecule has 3 nitrogen and oxygen atoms in total. The van der Waals surface area contributed by atoms with Crippen molar-refractivity contribution >= 4 is 35.0 Å². The van der Waals surface area contributed by atoms with E-state index in [2.05, 4.69) is 13.8 Å². The molecule has 0 aliphatic rings. The van der Waals surface area contributed by atoms with E-state index in [0.29, 0.717) is 23.3 Å². The van der Waals surface area contributed by atoms with E-state index < -0.39 is 6.67 Å². The summed E-state index contributed by atoms with van der Waals surface area (Å²) in [4.78, 5) is 5.67. The minimum absolute atomic E-state index is 0.181. The van der Waals surface area contributed by atoms with Gasteiger partial charge in [-0.2, -0.15) is 0 Å². The van der Waals surface area contributed by atoms with E-state index in [1.54, 1.807) is 6.07 Å². The summed E-state index contributed by atoms with van der Waals surface area (Å²) in [6.07, 6.45) is 0. The molecule has 3 aromatic rings. The van der Waals surface area contributed by atoms with Crippen molar-refractivity contribution in [3.05, 3.63) is 75.7 Å². The van der Waals surface area contributed by atoms with E-state index in [1.807, 2.05) is 47.0 Å². The fraction of sp³-hybridized carbons (Fsp3) is 0.318. The van der Waals surface area contributed by atoms with Crippen molar-refractivity contribution in [1.29, 1.82) is 0 Å². The molecule has 7 heteroatoms. The number of hydrogen-bond donors (Lipinski definition) is 0. The third-order valence-electron chi connectivity index (χ3n) is 4.27. The molecule has 0 N–H and O–H groups in total. The van der Waals surface area contributed by atoms with Gasteiger partial charge >= 0.3 is 0 Å². The van der Waals surface area contributed by atoms with E-state index in [1.165, 1.54) is 11.8 Å². The first kappa shape index (κ1) is 22.2. The van der Waals surface area contributed by atoms with Crippen LogP contribution in [0.5, 0.6) is 0 Å². The Balaban J connectivity index is 1.87. The highest BCUT2D eigenvalue weighted by atomic mass is 35.5. The first-order valence-electron chi connectivity index (χ1n) is 9.38. The van der Waals surface area contributed by atoms with Gasteiger partial charge in [0.2, 0.25) is 0 Å². The van der Waals surface area contributed by atoms with E-state index in [4.69, 9.17) is 32.9 Å². The van der Waals surface area contributed by atoms with Crippen LogP contribution in [0.25, 0.3) is 0 Å². The van der Waals surface area contributed by atoms with Crippen LogP contribution in [-0.4, -0.2) is 16.2 Å². The molecule has 2 aromatic carbocycles.